The average molecular weight is 369 g/mol. The first-order valence-electron chi connectivity index (χ1n) is 3.85. The van der Waals surface area contributed by atoms with E-state index in [4.69, 9.17) is 0 Å². The van der Waals surface area contributed by atoms with E-state index in [1.54, 1.807) is 12.1 Å². The number of phenols is 2. The Morgan fingerprint density at radius 3 is 2.54 bits per heavy atom. The van der Waals surface area contributed by atoms with Crippen molar-refractivity contribution in [1.29, 1.82) is 0 Å². The van der Waals surface area contributed by atoms with E-state index in [1.165, 1.54) is 3.12 Å². The van der Waals surface area contributed by atoms with Crippen molar-refractivity contribution >= 4 is 39.8 Å². The Bertz CT molecular complexity index is 476. The Hall–Kier alpha value is -0.718. The van der Waals surface area contributed by atoms with E-state index in [1.807, 2.05) is 6.92 Å². The molecule has 3 N–H and O–H groups in total. The zero-order valence-electron chi connectivity index (χ0n) is 7.05. The molecule has 0 aliphatic carbocycles. The number of H-pyrrole nitrogens is 1. The Labute approximate surface area is 91.1 Å². The quantitative estimate of drug-likeness (QED) is 0.473. The van der Waals surface area contributed by atoms with Crippen molar-refractivity contribution in [3.8, 4) is 11.5 Å². The predicted molar refractivity (Wildman–Crippen MR) is 51.8 cm³/mol. The summed E-state index contributed by atoms with van der Waals surface area (Å²) < 4.78 is 1.24. The van der Waals surface area contributed by atoms with Gasteiger partial charge in [-0.2, -0.15) is 0 Å². The molecule has 0 aliphatic rings. The normalized spacial score (nSPS) is 10.9. The molecule has 0 spiro atoms. The van der Waals surface area contributed by atoms with Gasteiger partial charge in [-0.1, -0.05) is 0 Å². The molecule has 0 bridgehead atoms. The first-order valence-corrected chi connectivity index (χ1v) is 5.80. The topological polar surface area (TPSA) is 56.2 Å². The van der Waals surface area contributed by atoms with Gasteiger partial charge >= 0.3 is 91.2 Å². The van der Waals surface area contributed by atoms with E-state index < -0.39 is 0 Å². The molecule has 65 valence electrons. The fraction of sp³-hybridized carbons (Fsp3) is 0.111. The van der Waals surface area contributed by atoms with E-state index in [-0.39, 0.29) is 11.5 Å². The van der Waals surface area contributed by atoms with Gasteiger partial charge in [0, 0.05) is 0 Å². The summed E-state index contributed by atoms with van der Waals surface area (Å²) in [5, 5.41) is 19.6. The van der Waals surface area contributed by atoms with E-state index in [9.17, 15) is 10.2 Å². The van der Waals surface area contributed by atoms with Gasteiger partial charge in [-0.3, -0.25) is 0 Å². The molecule has 1 aromatic heterocycles. The van der Waals surface area contributed by atoms with Gasteiger partial charge in [-0.15, -0.1) is 0 Å². The SMILES string of the molecule is Cc1[nH]c2cc(O)c(O)cc2[c]1[Pb]. The second-order valence-corrected chi connectivity index (χ2v) is 4.96. The van der Waals surface area contributed by atoms with E-state index in [0.717, 1.165) is 42.4 Å². The molecule has 3 radical (unpaired) electrons. The monoisotopic (exact) mass is 370 g/mol. The van der Waals surface area contributed by atoms with Gasteiger partial charge in [-0.05, 0) is 0 Å². The molecule has 0 saturated heterocycles. The van der Waals surface area contributed by atoms with Crippen LogP contribution >= 0.6 is 0 Å². The molecule has 0 aliphatic heterocycles. The number of phenolic OH excluding ortho intramolecular Hbond substituents is 2. The summed E-state index contributed by atoms with van der Waals surface area (Å²) in [4.78, 5) is 3.16. The molecule has 1 aromatic carbocycles. The fourth-order valence-corrected chi connectivity index (χ4v) is 2.40. The summed E-state index contributed by atoms with van der Waals surface area (Å²) in [6, 6.07) is 3.16. The van der Waals surface area contributed by atoms with Crippen LogP contribution in [-0.2, 0) is 0 Å². The third-order valence-electron chi connectivity index (χ3n) is 2.08. The van der Waals surface area contributed by atoms with Crippen LogP contribution in [0.2, 0.25) is 0 Å². The van der Waals surface area contributed by atoms with Gasteiger partial charge in [0.1, 0.15) is 0 Å². The van der Waals surface area contributed by atoms with Crippen LogP contribution in [0.15, 0.2) is 12.1 Å². The summed E-state index contributed by atoms with van der Waals surface area (Å²) in [6.07, 6.45) is 0. The van der Waals surface area contributed by atoms with E-state index >= 15 is 0 Å². The van der Waals surface area contributed by atoms with Crippen LogP contribution < -0.4 is 3.12 Å². The zero-order chi connectivity index (χ0) is 9.59. The molecule has 0 saturated carbocycles. The minimum atomic E-state index is -0.0737. The summed E-state index contributed by atoms with van der Waals surface area (Å²) in [5.41, 5.74) is 2.00. The van der Waals surface area contributed by atoms with E-state index in [0.29, 0.717) is 0 Å². The molecule has 2 rings (SSSR count). The zero-order valence-corrected chi connectivity index (χ0v) is 10.9. The summed E-state index contributed by atoms with van der Waals surface area (Å²) in [6.45, 7) is 2.00. The average Bonchev–Trinajstić information content (AvgIpc) is 2.32. The number of hydrogen-bond donors (Lipinski definition) is 3. The standard InChI is InChI=1S/C9H8NO2.Pb/c1-5-2-6-3-8(11)9(12)4-7(6)10-5;/h3-4,10-12H,1H3;. The molecule has 13 heavy (non-hydrogen) atoms. The van der Waals surface area contributed by atoms with Crippen molar-refractivity contribution in [3.05, 3.63) is 17.8 Å². The number of aromatic hydroxyl groups is 2. The van der Waals surface area contributed by atoms with Gasteiger partial charge in [0.05, 0.1) is 0 Å². The molecule has 0 atom stereocenters. The van der Waals surface area contributed by atoms with Gasteiger partial charge < -0.3 is 0 Å². The molecule has 4 heteroatoms. The third-order valence-corrected chi connectivity index (χ3v) is 4.59. The van der Waals surface area contributed by atoms with Gasteiger partial charge in [0.15, 0.2) is 0 Å². The van der Waals surface area contributed by atoms with Crippen molar-refractivity contribution in [3.63, 3.8) is 0 Å². The van der Waals surface area contributed by atoms with Crippen molar-refractivity contribution in [2.75, 3.05) is 0 Å². The molecule has 0 unspecified atom stereocenters. The van der Waals surface area contributed by atoms with Crippen LogP contribution in [0.3, 0.4) is 0 Å². The number of benzene rings is 1. The second-order valence-electron chi connectivity index (χ2n) is 3.01. The van der Waals surface area contributed by atoms with Crippen LogP contribution in [0.4, 0.5) is 0 Å². The van der Waals surface area contributed by atoms with E-state index in [2.05, 4.69) is 4.98 Å². The van der Waals surface area contributed by atoms with Gasteiger partial charge in [0.2, 0.25) is 0 Å². The van der Waals surface area contributed by atoms with Crippen LogP contribution in [0.1, 0.15) is 5.69 Å². The molecule has 0 fully saturated rings. The minimum absolute atomic E-state index is 0.0522. The first-order chi connectivity index (χ1) is 6.09. The summed E-state index contributed by atoms with van der Waals surface area (Å²) >= 11 is 0.933. The molecule has 1 heterocycles. The number of hydrogen-bond acceptors (Lipinski definition) is 2. The number of fused-ring (bicyclic) bond motifs is 1. The second kappa shape index (κ2) is 2.90. The molecule has 3 nitrogen and oxygen atoms in total. The van der Waals surface area contributed by atoms with Crippen LogP contribution in [0.25, 0.3) is 10.9 Å². The van der Waals surface area contributed by atoms with Crippen molar-refractivity contribution in [2.24, 2.45) is 0 Å². The number of rotatable bonds is 0. The predicted octanol–water partition coefficient (Wildman–Crippen LogP) is 0.681. The Morgan fingerprint density at radius 2 is 1.85 bits per heavy atom. The number of aryl methyl sites for hydroxylation is 1. The van der Waals surface area contributed by atoms with Crippen molar-refractivity contribution in [2.45, 2.75) is 6.92 Å². The van der Waals surface area contributed by atoms with Gasteiger partial charge in [-0.25, -0.2) is 0 Å². The van der Waals surface area contributed by atoms with Crippen LogP contribution in [0, 0.1) is 6.92 Å². The Morgan fingerprint density at radius 1 is 1.23 bits per heavy atom. The summed E-state index contributed by atoms with van der Waals surface area (Å²) in [5.74, 6) is -0.126. The van der Waals surface area contributed by atoms with Gasteiger partial charge in [0.25, 0.3) is 0 Å². The molecule has 2 aromatic rings. The van der Waals surface area contributed by atoms with Crippen molar-refractivity contribution in [1.82, 2.24) is 4.98 Å². The third kappa shape index (κ3) is 1.31. The maximum atomic E-state index is 9.30. The Balaban J connectivity index is 2.89. The molecule has 0 amide bonds. The number of nitrogens with one attached hydrogen (secondary N) is 1. The fourth-order valence-electron chi connectivity index (χ4n) is 1.35. The Kier molecular flexibility index (Phi) is 1.98. The number of aromatic amines is 1. The maximum absolute atomic E-state index is 9.30. The number of aromatic nitrogens is 1. The van der Waals surface area contributed by atoms with Crippen LogP contribution in [0.5, 0.6) is 11.5 Å². The summed E-state index contributed by atoms with van der Waals surface area (Å²) in [7, 11) is 0. The van der Waals surface area contributed by atoms with Crippen LogP contribution in [-0.4, -0.2) is 41.0 Å². The van der Waals surface area contributed by atoms with Crippen molar-refractivity contribution < 1.29 is 10.2 Å². The first kappa shape index (κ1) is 8.86. The molecular weight excluding hydrogens is 361 g/mol. The molecular formula is C9H8NO2Pb.